The molecule has 0 bridgehead atoms. The molecule has 6 nitrogen and oxygen atoms in total. The van der Waals surface area contributed by atoms with Crippen LogP contribution in [0.1, 0.15) is 33.3 Å². The van der Waals surface area contributed by atoms with E-state index in [1.807, 2.05) is 13.0 Å². The van der Waals surface area contributed by atoms with Crippen LogP contribution >= 0.6 is 0 Å². The molecule has 1 N–H and O–H groups in total. The van der Waals surface area contributed by atoms with Gasteiger partial charge in [0.2, 0.25) is 5.76 Å². The van der Waals surface area contributed by atoms with Crippen LogP contribution in [0.5, 0.6) is 5.75 Å². The molecule has 0 saturated heterocycles. The molecular weight excluding hydrogens is 368 g/mol. The average molecular weight is 384 g/mol. The van der Waals surface area contributed by atoms with Crippen LogP contribution in [0, 0.1) is 6.92 Å². The van der Waals surface area contributed by atoms with E-state index in [0.29, 0.717) is 22.4 Å². The topological polar surface area (TPSA) is 83.6 Å². The summed E-state index contributed by atoms with van der Waals surface area (Å²) in [6.07, 6.45) is 1.62. The van der Waals surface area contributed by atoms with Gasteiger partial charge in [-0.1, -0.05) is 24.3 Å². The number of benzene rings is 2. The van der Waals surface area contributed by atoms with E-state index >= 15 is 0 Å². The zero-order valence-electron chi connectivity index (χ0n) is 15.5. The lowest BCUT2D eigenvalue weighted by atomic mass is 9.98. The molecule has 1 amide bonds. The summed E-state index contributed by atoms with van der Waals surface area (Å²) in [6, 6.07) is 16.3. The van der Waals surface area contributed by atoms with Crippen molar-refractivity contribution >= 4 is 22.7 Å². The Labute approximate surface area is 165 Å². The molecule has 3 heterocycles. The largest absolute Gasteiger partial charge is 0.508 e. The number of para-hydroxylation sites is 1. The molecule has 6 heteroatoms. The van der Waals surface area contributed by atoms with Gasteiger partial charge >= 0.3 is 0 Å². The maximum absolute atomic E-state index is 13.4. The summed E-state index contributed by atoms with van der Waals surface area (Å²) in [6.45, 7) is 1.90. The summed E-state index contributed by atoms with van der Waals surface area (Å²) in [4.78, 5) is 32.5. The van der Waals surface area contributed by atoms with Crippen LogP contribution in [-0.2, 0) is 0 Å². The Hall–Kier alpha value is -3.93. The fourth-order valence-electron chi connectivity index (χ4n) is 3.82. The van der Waals surface area contributed by atoms with Crippen molar-refractivity contribution in [1.82, 2.24) is 4.98 Å². The van der Waals surface area contributed by atoms with Crippen molar-refractivity contribution < 1.29 is 14.3 Å². The number of phenolic OH excluding ortho intramolecular Hbond substituents is 1. The molecule has 0 spiro atoms. The van der Waals surface area contributed by atoms with E-state index in [1.165, 1.54) is 4.90 Å². The summed E-state index contributed by atoms with van der Waals surface area (Å²) < 4.78 is 5.88. The number of carbonyl (C=O) groups excluding carboxylic acids is 1. The highest BCUT2D eigenvalue weighted by molar-refractivity contribution is 6.10. The third-order valence-corrected chi connectivity index (χ3v) is 5.11. The van der Waals surface area contributed by atoms with Gasteiger partial charge in [0.05, 0.1) is 17.0 Å². The number of hydrogen-bond acceptors (Lipinski definition) is 5. The van der Waals surface area contributed by atoms with Gasteiger partial charge in [-0.2, -0.15) is 0 Å². The molecular formula is C23H16N2O4. The van der Waals surface area contributed by atoms with Gasteiger partial charge in [0.25, 0.3) is 5.91 Å². The van der Waals surface area contributed by atoms with E-state index in [1.54, 1.807) is 60.8 Å². The number of hydrogen-bond donors (Lipinski definition) is 1. The van der Waals surface area contributed by atoms with Crippen molar-refractivity contribution in [3.05, 3.63) is 99.5 Å². The Morgan fingerprint density at radius 3 is 2.66 bits per heavy atom. The fraction of sp³-hybridized carbons (Fsp3) is 0.0870. The quantitative estimate of drug-likeness (QED) is 0.566. The molecule has 0 radical (unpaired) electrons. The summed E-state index contributed by atoms with van der Waals surface area (Å²) in [7, 11) is 0. The monoisotopic (exact) mass is 384 g/mol. The molecule has 1 atom stereocenters. The Bertz CT molecular complexity index is 1340. The average Bonchev–Trinajstić information content (AvgIpc) is 3.01. The number of carbonyl (C=O) groups is 1. The molecule has 0 fully saturated rings. The van der Waals surface area contributed by atoms with Gasteiger partial charge in [-0.05, 0) is 54.4 Å². The first kappa shape index (κ1) is 17.2. The molecule has 29 heavy (non-hydrogen) atoms. The van der Waals surface area contributed by atoms with E-state index < -0.39 is 11.9 Å². The van der Waals surface area contributed by atoms with Gasteiger partial charge in [0.1, 0.15) is 17.2 Å². The number of phenols is 1. The lowest BCUT2D eigenvalue weighted by molar-refractivity contribution is 0.0970. The lowest BCUT2D eigenvalue weighted by Gasteiger charge is -2.24. The fourth-order valence-corrected chi connectivity index (χ4v) is 3.82. The van der Waals surface area contributed by atoms with E-state index in [-0.39, 0.29) is 22.5 Å². The maximum Gasteiger partial charge on any atom is 0.296 e. The molecule has 5 rings (SSSR count). The molecule has 1 aliphatic rings. The van der Waals surface area contributed by atoms with Gasteiger partial charge in [0, 0.05) is 6.20 Å². The highest BCUT2D eigenvalue weighted by Crippen LogP contribution is 2.41. The molecule has 0 saturated carbocycles. The van der Waals surface area contributed by atoms with Crippen LogP contribution in [0.15, 0.2) is 76.1 Å². The van der Waals surface area contributed by atoms with Gasteiger partial charge in [-0.15, -0.1) is 0 Å². The van der Waals surface area contributed by atoms with Crippen molar-refractivity contribution in [2.24, 2.45) is 0 Å². The van der Waals surface area contributed by atoms with Crippen LogP contribution in [0.2, 0.25) is 0 Å². The minimum absolute atomic E-state index is 0.00495. The molecule has 1 unspecified atom stereocenters. The molecule has 142 valence electrons. The standard InChI is InChI=1S/C23H16N2O4/c1-13-9-10-24-18(11-13)25-20(14-5-4-6-15(26)12-14)19-21(27)16-7-2-3-8-17(16)29-22(19)23(25)28/h2-12,20,26H,1H3. The number of aromatic hydroxyl groups is 1. The zero-order chi connectivity index (χ0) is 20.1. The van der Waals surface area contributed by atoms with Crippen LogP contribution in [0.4, 0.5) is 5.82 Å². The first-order chi connectivity index (χ1) is 14.0. The zero-order valence-corrected chi connectivity index (χ0v) is 15.5. The SMILES string of the molecule is Cc1ccnc(N2C(=O)c3oc4ccccc4c(=O)c3C2c2cccc(O)c2)c1. The Morgan fingerprint density at radius 2 is 1.86 bits per heavy atom. The van der Waals surface area contributed by atoms with E-state index in [2.05, 4.69) is 4.98 Å². The third-order valence-electron chi connectivity index (χ3n) is 5.11. The van der Waals surface area contributed by atoms with Crippen LogP contribution < -0.4 is 10.3 Å². The maximum atomic E-state index is 13.4. The van der Waals surface area contributed by atoms with Crippen LogP contribution in [0.3, 0.4) is 0 Å². The number of amides is 1. The second kappa shape index (κ2) is 6.31. The van der Waals surface area contributed by atoms with E-state index in [4.69, 9.17) is 4.42 Å². The number of fused-ring (bicyclic) bond motifs is 2. The smallest absolute Gasteiger partial charge is 0.296 e. The third kappa shape index (κ3) is 2.61. The normalized spacial score (nSPS) is 15.7. The molecule has 0 aliphatic carbocycles. The predicted molar refractivity (Wildman–Crippen MR) is 108 cm³/mol. The van der Waals surface area contributed by atoms with Gasteiger partial charge < -0.3 is 9.52 Å². The molecule has 2 aromatic heterocycles. The van der Waals surface area contributed by atoms with Crippen molar-refractivity contribution in [2.75, 3.05) is 4.90 Å². The van der Waals surface area contributed by atoms with Crippen molar-refractivity contribution in [3.8, 4) is 5.75 Å². The molecule has 2 aromatic carbocycles. The highest BCUT2D eigenvalue weighted by atomic mass is 16.3. The minimum atomic E-state index is -0.750. The number of anilines is 1. The summed E-state index contributed by atoms with van der Waals surface area (Å²) in [5.41, 5.74) is 1.88. The Morgan fingerprint density at radius 1 is 1.03 bits per heavy atom. The number of aromatic nitrogens is 1. The number of nitrogens with zero attached hydrogens (tertiary/aromatic N) is 2. The second-order valence-electron chi connectivity index (χ2n) is 7.03. The van der Waals surface area contributed by atoms with Gasteiger partial charge in [0.15, 0.2) is 5.43 Å². The predicted octanol–water partition coefficient (Wildman–Crippen LogP) is 3.95. The van der Waals surface area contributed by atoms with Crippen LogP contribution in [0.25, 0.3) is 11.0 Å². The van der Waals surface area contributed by atoms with Crippen molar-refractivity contribution in [1.29, 1.82) is 0 Å². The first-order valence-corrected chi connectivity index (χ1v) is 9.15. The van der Waals surface area contributed by atoms with E-state index in [9.17, 15) is 14.7 Å². The number of aryl methyl sites for hydroxylation is 1. The van der Waals surface area contributed by atoms with Gasteiger partial charge in [-0.3, -0.25) is 14.5 Å². The summed E-state index contributed by atoms with van der Waals surface area (Å²) in [5.74, 6) is 0.0311. The lowest BCUT2D eigenvalue weighted by Crippen LogP contribution is -2.30. The molecule has 1 aliphatic heterocycles. The highest BCUT2D eigenvalue weighted by Gasteiger charge is 2.44. The van der Waals surface area contributed by atoms with Crippen molar-refractivity contribution in [2.45, 2.75) is 13.0 Å². The Balaban J connectivity index is 1.84. The van der Waals surface area contributed by atoms with Gasteiger partial charge in [-0.25, -0.2) is 4.98 Å². The number of pyridine rings is 1. The molecule has 4 aromatic rings. The summed E-state index contributed by atoms with van der Waals surface area (Å²) in [5, 5.41) is 10.4. The number of rotatable bonds is 2. The van der Waals surface area contributed by atoms with E-state index in [0.717, 1.165) is 5.56 Å². The second-order valence-corrected chi connectivity index (χ2v) is 7.03. The van der Waals surface area contributed by atoms with Crippen molar-refractivity contribution in [3.63, 3.8) is 0 Å². The first-order valence-electron chi connectivity index (χ1n) is 9.15. The Kier molecular flexibility index (Phi) is 3.74. The summed E-state index contributed by atoms with van der Waals surface area (Å²) >= 11 is 0. The van der Waals surface area contributed by atoms with Crippen LogP contribution in [-0.4, -0.2) is 16.0 Å². The minimum Gasteiger partial charge on any atom is -0.508 e.